The zero-order valence-corrected chi connectivity index (χ0v) is 11.8. The summed E-state index contributed by atoms with van der Waals surface area (Å²) in [6.07, 6.45) is 2.22. The van der Waals surface area contributed by atoms with E-state index in [1.807, 2.05) is 13.0 Å². The summed E-state index contributed by atoms with van der Waals surface area (Å²) in [7, 11) is 0. The monoisotopic (exact) mass is 251 g/mol. The van der Waals surface area contributed by atoms with Crippen LogP contribution < -0.4 is 14.8 Å². The van der Waals surface area contributed by atoms with Crippen LogP contribution >= 0.6 is 0 Å². The fourth-order valence-corrected chi connectivity index (χ4v) is 1.65. The van der Waals surface area contributed by atoms with Gasteiger partial charge in [0.2, 0.25) is 0 Å². The largest absolute Gasteiger partial charge is 0.490 e. The van der Waals surface area contributed by atoms with E-state index in [0.717, 1.165) is 44.0 Å². The van der Waals surface area contributed by atoms with E-state index in [2.05, 4.69) is 31.3 Å². The molecule has 3 nitrogen and oxygen atoms in total. The molecule has 0 aliphatic carbocycles. The third-order valence-electron chi connectivity index (χ3n) is 2.64. The van der Waals surface area contributed by atoms with Crippen LogP contribution in [0.2, 0.25) is 0 Å². The van der Waals surface area contributed by atoms with Crippen molar-refractivity contribution in [1.82, 2.24) is 5.32 Å². The summed E-state index contributed by atoms with van der Waals surface area (Å²) in [5.41, 5.74) is 1.23. The van der Waals surface area contributed by atoms with Gasteiger partial charge in [-0.1, -0.05) is 26.3 Å². The van der Waals surface area contributed by atoms with Gasteiger partial charge in [0.25, 0.3) is 0 Å². The van der Waals surface area contributed by atoms with Crippen LogP contribution in [0.15, 0.2) is 18.2 Å². The van der Waals surface area contributed by atoms with Crippen LogP contribution in [0.3, 0.4) is 0 Å². The van der Waals surface area contributed by atoms with Crippen molar-refractivity contribution in [1.29, 1.82) is 0 Å². The smallest absolute Gasteiger partial charge is 0.161 e. The molecule has 0 radical (unpaired) electrons. The van der Waals surface area contributed by atoms with Gasteiger partial charge in [0.15, 0.2) is 11.5 Å². The summed E-state index contributed by atoms with van der Waals surface area (Å²) in [5.74, 6) is 1.70. The minimum atomic E-state index is 0.662. The molecule has 3 heteroatoms. The van der Waals surface area contributed by atoms with Crippen LogP contribution in [0.25, 0.3) is 0 Å². The van der Waals surface area contributed by atoms with Crippen molar-refractivity contribution in [3.63, 3.8) is 0 Å². The number of hydrogen-bond acceptors (Lipinski definition) is 3. The van der Waals surface area contributed by atoms with E-state index in [0.29, 0.717) is 6.61 Å². The van der Waals surface area contributed by atoms with Crippen molar-refractivity contribution in [3.8, 4) is 11.5 Å². The van der Waals surface area contributed by atoms with Crippen molar-refractivity contribution in [3.05, 3.63) is 23.8 Å². The van der Waals surface area contributed by atoms with Gasteiger partial charge in [0.1, 0.15) is 0 Å². The Kier molecular flexibility index (Phi) is 7.26. The molecule has 0 bridgehead atoms. The van der Waals surface area contributed by atoms with Crippen LogP contribution in [-0.2, 0) is 6.54 Å². The summed E-state index contributed by atoms with van der Waals surface area (Å²) in [5, 5.41) is 3.31. The molecule has 0 unspecified atom stereocenters. The van der Waals surface area contributed by atoms with E-state index in [4.69, 9.17) is 9.47 Å². The van der Waals surface area contributed by atoms with E-state index in [9.17, 15) is 0 Å². The number of ether oxygens (including phenoxy) is 2. The van der Waals surface area contributed by atoms with Gasteiger partial charge in [-0.2, -0.15) is 0 Å². The van der Waals surface area contributed by atoms with Gasteiger partial charge >= 0.3 is 0 Å². The van der Waals surface area contributed by atoms with Gasteiger partial charge < -0.3 is 14.8 Å². The summed E-state index contributed by atoms with van der Waals surface area (Å²) in [4.78, 5) is 0. The van der Waals surface area contributed by atoms with E-state index in [1.165, 1.54) is 5.56 Å². The van der Waals surface area contributed by atoms with E-state index in [-0.39, 0.29) is 0 Å². The first-order chi connectivity index (χ1) is 8.81. The quantitative estimate of drug-likeness (QED) is 0.683. The average molecular weight is 251 g/mol. The van der Waals surface area contributed by atoms with Gasteiger partial charge in [0.05, 0.1) is 13.2 Å². The summed E-state index contributed by atoms with van der Waals surface area (Å²) >= 11 is 0. The van der Waals surface area contributed by atoms with Crippen LogP contribution in [0, 0.1) is 0 Å². The van der Waals surface area contributed by atoms with Gasteiger partial charge in [-0.15, -0.1) is 0 Å². The molecule has 0 fully saturated rings. The van der Waals surface area contributed by atoms with Gasteiger partial charge in [-0.25, -0.2) is 0 Å². The van der Waals surface area contributed by atoms with Crippen LogP contribution in [0.1, 0.15) is 39.2 Å². The average Bonchev–Trinajstić information content (AvgIpc) is 2.39. The summed E-state index contributed by atoms with van der Waals surface area (Å²) < 4.78 is 11.4. The number of rotatable bonds is 9. The molecular formula is C15H25NO2. The molecule has 18 heavy (non-hydrogen) atoms. The second-order valence-corrected chi connectivity index (χ2v) is 4.20. The van der Waals surface area contributed by atoms with E-state index in [1.54, 1.807) is 0 Å². The zero-order valence-electron chi connectivity index (χ0n) is 11.8. The van der Waals surface area contributed by atoms with Crippen LogP contribution in [0.5, 0.6) is 11.5 Å². The molecule has 1 aromatic carbocycles. The molecule has 0 saturated carbocycles. The Morgan fingerprint density at radius 3 is 2.56 bits per heavy atom. The highest BCUT2D eigenvalue weighted by Gasteiger charge is 2.06. The maximum absolute atomic E-state index is 5.74. The number of nitrogens with one attached hydrogen (secondary N) is 1. The SMILES string of the molecule is CCCCOc1ccc(CNCC)cc1OCC. The Hall–Kier alpha value is -1.22. The van der Waals surface area contributed by atoms with Crippen molar-refractivity contribution < 1.29 is 9.47 Å². The molecule has 0 amide bonds. The zero-order chi connectivity index (χ0) is 13.2. The number of benzene rings is 1. The van der Waals surface area contributed by atoms with Gasteiger partial charge in [-0.3, -0.25) is 0 Å². The predicted octanol–water partition coefficient (Wildman–Crippen LogP) is 3.37. The Balaban J connectivity index is 2.69. The minimum Gasteiger partial charge on any atom is -0.490 e. The van der Waals surface area contributed by atoms with Crippen LogP contribution in [0.4, 0.5) is 0 Å². The lowest BCUT2D eigenvalue weighted by atomic mass is 10.2. The first-order valence-electron chi connectivity index (χ1n) is 6.91. The molecule has 0 aliphatic rings. The highest BCUT2D eigenvalue weighted by molar-refractivity contribution is 5.43. The van der Waals surface area contributed by atoms with Gasteiger partial charge in [-0.05, 0) is 37.6 Å². The van der Waals surface area contributed by atoms with Crippen LogP contribution in [-0.4, -0.2) is 19.8 Å². The third kappa shape index (κ3) is 4.96. The molecule has 0 spiro atoms. The van der Waals surface area contributed by atoms with Crippen molar-refractivity contribution in [2.75, 3.05) is 19.8 Å². The normalized spacial score (nSPS) is 10.4. The van der Waals surface area contributed by atoms with E-state index < -0.39 is 0 Å². The van der Waals surface area contributed by atoms with Crippen molar-refractivity contribution >= 4 is 0 Å². The maximum Gasteiger partial charge on any atom is 0.161 e. The fourth-order valence-electron chi connectivity index (χ4n) is 1.65. The molecule has 0 heterocycles. The molecular weight excluding hydrogens is 226 g/mol. The standard InChI is InChI=1S/C15H25NO2/c1-4-7-10-18-14-9-8-13(12-16-5-2)11-15(14)17-6-3/h8-9,11,16H,4-7,10,12H2,1-3H3. The first kappa shape index (κ1) is 14.8. The number of hydrogen-bond donors (Lipinski definition) is 1. The van der Waals surface area contributed by atoms with Gasteiger partial charge in [0, 0.05) is 6.54 Å². The lowest BCUT2D eigenvalue weighted by Gasteiger charge is -2.13. The predicted molar refractivity (Wildman–Crippen MR) is 75.4 cm³/mol. The second-order valence-electron chi connectivity index (χ2n) is 4.20. The first-order valence-corrected chi connectivity index (χ1v) is 6.91. The molecule has 0 aromatic heterocycles. The Morgan fingerprint density at radius 1 is 1.06 bits per heavy atom. The molecule has 0 aliphatic heterocycles. The fraction of sp³-hybridized carbons (Fsp3) is 0.600. The summed E-state index contributed by atoms with van der Waals surface area (Å²) in [6.45, 7) is 9.51. The van der Waals surface area contributed by atoms with Crippen molar-refractivity contribution in [2.45, 2.75) is 40.2 Å². The topological polar surface area (TPSA) is 30.5 Å². The molecule has 0 saturated heterocycles. The Morgan fingerprint density at radius 2 is 1.89 bits per heavy atom. The summed E-state index contributed by atoms with van der Waals surface area (Å²) in [6, 6.07) is 6.16. The molecule has 1 rings (SSSR count). The second kappa shape index (κ2) is 8.81. The molecule has 0 atom stereocenters. The lowest BCUT2D eigenvalue weighted by molar-refractivity contribution is 0.272. The van der Waals surface area contributed by atoms with E-state index >= 15 is 0 Å². The molecule has 102 valence electrons. The third-order valence-corrected chi connectivity index (χ3v) is 2.64. The molecule has 1 aromatic rings. The molecule has 1 N–H and O–H groups in total. The minimum absolute atomic E-state index is 0.662. The Bertz CT molecular complexity index is 339. The highest BCUT2D eigenvalue weighted by atomic mass is 16.5. The maximum atomic E-state index is 5.74. The lowest BCUT2D eigenvalue weighted by Crippen LogP contribution is -2.12. The number of unbranched alkanes of at least 4 members (excludes halogenated alkanes) is 1. The Labute approximate surface area is 110 Å². The van der Waals surface area contributed by atoms with Crippen molar-refractivity contribution in [2.24, 2.45) is 0 Å². The highest BCUT2D eigenvalue weighted by Crippen LogP contribution is 2.28.